The van der Waals surface area contributed by atoms with E-state index in [-0.39, 0.29) is 24.3 Å². The quantitative estimate of drug-likeness (QED) is 0.764. The van der Waals surface area contributed by atoms with Gasteiger partial charge < -0.3 is 10.0 Å². The van der Waals surface area contributed by atoms with Crippen LogP contribution in [0.3, 0.4) is 0 Å². The first-order valence-electron chi connectivity index (χ1n) is 5.71. The van der Waals surface area contributed by atoms with Crippen molar-refractivity contribution in [3.8, 4) is 0 Å². The number of nitrogens with zero attached hydrogens (tertiary/aromatic N) is 1. The molecule has 0 bridgehead atoms. The van der Waals surface area contributed by atoms with Gasteiger partial charge in [0.05, 0.1) is 6.42 Å². The number of rotatable bonds is 3. The van der Waals surface area contributed by atoms with E-state index >= 15 is 0 Å². The lowest BCUT2D eigenvalue weighted by molar-refractivity contribution is -0.142. The van der Waals surface area contributed by atoms with Crippen LogP contribution in [0.4, 0.5) is 0 Å². The van der Waals surface area contributed by atoms with Crippen LogP contribution in [0.2, 0.25) is 0 Å². The van der Waals surface area contributed by atoms with E-state index < -0.39 is 5.97 Å². The van der Waals surface area contributed by atoms with Crippen LogP contribution < -0.4 is 0 Å². The monoisotopic (exact) mass is 211 g/mol. The zero-order valence-electron chi connectivity index (χ0n) is 8.82. The van der Waals surface area contributed by atoms with Crippen LogP contribution >= 0.6 is 0 Å². The highest BCUT2D eigenvalue weighted by molar-refractivity contribution is 5.82. The summed E-state index contributed by atoms with van der Waals surface area (Å²) in [6.07, 6.45) is 5.02. The molecule has 1 amide bonds. The normalized spacial score (nSPS) is 26.4. The Hall–Kier alpha value is -1.06. The summed E-state index contributed by atoms with van der Waals surface area (Å²) in [5.74, 6) is -0.393. The van der Waals surface area contributed by atoms with E-state index in [1.54, 1.807) is 0 Å². The van der Waals surface area contributed by atoms with Crippen molar-refractivity contribution in [3.05, 3.63) is 0 Å². The molecule has 1 unspecified atom stereocenters. The third-order valence-electron chi connectivity index (χ3n) is 3.25. The second kappa shape index (κ2) is 4.21. The summed E-state index contributed by atoms with van der Waals surface area (Å²) in [6.45, 7) is 0.757. The number of carboxylic acids is 1. The first-order chi connectivity index (χ1) is 7.18. The molecular weight excluding hydrogens is 194 g/mol. The number of amides is 1. The predicted molar refractivity (Wildman–Crippen MR) is 54.3 cm³/mol. The first kappa shape index (κ1) is 10.5. The van der Waals surface area contributed by atoms with Gasteiger partial charge in [-0.25, -0.2) is 0 Å². The molecule has 2 fully saturated rings. The van der Waals surface area contributed by atoms with E-state index in [0.717, 1.165) is 38.6 Å². The van der Waals surface area contributed by atoms with Gasteiger partial charge in [0.2, 0.25) is 5.91 Å². The molecule has 15 heavy (non-hydrogen) atoms. The van der Waals surface area contributed by atoms with Gasteiger partial charge in [-0.3, -0.25) is 9.59 Å². The average Bonchev–Trinajstić information content (AvgIpc) is 3.00. The minimum absolute atomic E-state index is 0.0515. The molecule has 0 aromatic rings. The van der Waals surface area contributed by atoms with Gasteiger partial charge in [-0.05, 0) is 32.1 Å². The zero-order valence-corrected chi connectivity index (χ0v) is 8.82. The molecule has 1 heterocycles. The maximum atomic E-state index is 11.9. The van der Waals surface area contributed by atoms with Crippen molar-refractivity contribution in [1.82, 2.24) is 4.90 Å². The molecule has 1 aliphatic heterocycles. The van der Waals surface area contributed by atoms with Crippen LogP contribution in [0, 0.1) is 5.92 Å². The van der Waals surface area contributed by atoms with E-state index in [0.29, 0.717) is 0 Å². The van der Waals surface area contributed by atoms with Crippen molar-refractivity contribution in [3.63, 3.8) is 0 Å². The van der Waals surface area contributed by atoms with Crippen LogP contribution in [0.5, 0.6) is 0 Å². The first-order valence-corrected chi connectivity index (χ1v) is 5.71. The molecule has 4 nitrogen and oxygen atoms in total. The van der Waals surface area contributed by atoms with Crippen LogP contribution in [0.15, 0.2) is 0 Å². The molecule has 1 atom stereocenters. The van der Waals surface area contributed by atoms with E-state index in [9.17, 15) is 9.59 Å². The largest absolute Gasteiger partial charge is 0.481 e. The molecule has 1 N–H and O–H groups in total. The minimum Gasteiger partial charge on any atom is -0.481 e. The Bertz CT molecular complexity index is 273. The summed E-state index contributed by atoms with van der Waals surface area (Å²) in [6, 6.07) is -0.0515. The molecule has 0 aromatic carbocycles. The van der Waals surface area contributed by atoms with Gasteiger partial charge in [0.1, 0.15) is 0 Å². The van der Waals surface area contributed by atoms with E-state index in [1.807, 2.05) is 4.90 Å². The summed E-state index contributed by atoms with van der Waals surface area (Å²) in [4.78, 5) is 24.4. The summed E-state index contributed by atoms with van der Waals surface area (Å²) < 4.78 is 0. The van der Waals surface area contributed by atoms with Crippen LogP contribution in [0.1, 0.15) is 38.5 Å². The number of piperidine rings is 1. The van der Waals surface area contributed by atoms with Crippen molar-refractivity contribution in [2.24, 2.45) is 5.92 Å². The Morgan fingerprint density at radius 2 is 1.93 bits per heavy atom. The van der Waals surface area contributed by atoms with Gasteiger partial charge in [-0.2, -0.15) is 0 Å². The molecule has 2 rings (SSSR count). The van der Waals surface area contributed by atoms with Crippen LogP contribution in [0.25, 0.3) is 0 Å². The second-order valence-electron chi connectivity index (χ2n) is 4.55. The number of hydrogen-bond acceptors (Lipinski definition) is 2. The Morgan fingerprint density at radius 3 is 2.53 bits per heavy atom. The van der Waals surface area contributed by atoms with Gasteiger partial charge in [0, 0.05) is 18.5 Å². The minimum atomic E-state index is -0.796. The maximum absolute atomic E-state index is 11.9. The number of carboxylic acid groups (broad SMARTS) is 1. The highest BCUT2D eigenvalue weighted by atomic mass is 16.4. The zero-order chi connectivity index (χ0) is 10.8. The average molecular weight is 211 g/mol. The molecule has 2 aliphatic rings. The predicted octanol–water partition coefficient (Wildman–Crippen LogP) is 1.25. The molecule has 0 radical (unpaired) electrons. The van der Waals surface area contributed by atoms with Crippen molar-refractivity contribution in [2.45, 2.75) is 44.6 Å². The summed E-state index contributed by atoms with van der Waals surface area (Å²) >= 11 is 0. The molecule has 0 aromatic heterocycles. The van der Waals surface area contributed by atoms with Crippen molar-refractivity contribution < 1.29 is 14.7 Å². The fraction of sp³-hybridized carbons (Fsp3) is 0.818. The number of carbonyl (C=O) groups excluding carboxylic acids is 1. The van der Waals surface area contributed by atoms with Gasteiger partial charge in [-0.15, -0.1) is 0 Å². The van der Waals surface area contributed by atoms with E-state index in [2.05, 4.69) is 0 Å². The van der Waals surface area contributed by atoms with Crippen molar-refractivity contribution in [2.75, 3.05) is 6.54 Å². The lowest BCUT2D eigenvalue weighted by Gasteiger charge is -2.35. The Kier molecular flexibility index (Phi) is 2.93. The summed E-state index contributed by atoms with van der Waals surface area (Å²) in [5.41, 5.74) is 0. The molecule has 1 saturated heterocycles. The third kappa shape index (κ3) is 2.49. The molecule has 1 aliphatic carbocycles. The SMILES string of the molecule is O=C(O)CC1CCCCN1C(=O)C1CC1. The Balaban J connectivity index is 1.98. The molecule has 1 saturated carbocycles. The van der Waals surface area contributed by atoms with Gasteiger partial charge >= 0.3 is 5.97 Å². The fourth-order valence-electron chi connectivity index (χ4n) is 2.27. The maximum Gasteiger partial charge on any atom is 0.305 e. The Labute approximate surface area is 89.3 Å². The number of carbonyl (C=O) groups is 2. The summed E-state index contributed by atoms with van der Waals surface area (Å²) in [7, 11) is 0. The topological polar surface area (TPSA) is 57.6 Å². The highest BCUT2D eigenvalue weighted by Crippen LogP contribution is 2.33. The van der Waals surface area contributed by atoms with Crippen molar-refractivity contribution >= 4 is 11.9 Å². The lowest BCUT2D eigenvalue weighted by atomic mass is 9.99. The molecular formula is C11H17NO3. The van der Waals surface area contributed by atoms with Crippen LogP contribution in [-0.2, 0) is 9.59 Å². The van der Waals surface area contributed by atoms with Crippen LogP contribution in [-0.4, -0.2) is 34.5 Å². The van der Waals surface area contributed by atoms with Gasteiger partial charge in [0.25, 0.3) is 0 Å². The van der Waals surface area contributed by atoms with Gasteiger partial charge in [-0.1, -0.05) is 0 Å². The highest BCUT2D eigenvalue weighted by Gasteiger charge is 2.37. The summed E-state index contributed by atoms with van der Waals surface area (Å²) in [5, 5.41) is 8.78. The van der Waals surface area contributed by atoms with E-state index in [4.69, 9.17) is 5.11 Å². The molecule has 0 spiro atoms. The smallest absolute Gasteiger partial charge is 0.305 e. The molecule has 84 valence electrons. The van der Waals surface area contributed by atoms with Crippen molar-refractivity contribution in [1.29, 1.82) is 0 Å². The van der Waals surface area contributed by atoms with Gasteiger partial charge in [0.15, 0.2) is 0 Å². The standard InChI is InChI=1S/C11H17NO3/c13-10(14)7-9-3-1-2-6-12(9)11(15)8-4-5-8/h8-9H,1-7H2,(H,13,14). The van der Waals surface area contributed by atoms with E-state index in [1.165, 1.54) is 0 Å². The third-order valence-corrected chi connectivity index (χ3v) is 3.25. The lowest BCUT2D eigenvalue weighted by Crippen LogP contribution is -2.45. The number of aliphatic carboxylic acids is 1. The fourth-order valence-corrected chi connectivity index (χ4v) is 2.27. The second-order valence-corrected chi connectivity index (χ2v) is 4.55. The number of likely N-dealkylation sites (tertiary alicyclic amines) is 1. The molecule has 4 heteroatoms. The Morgan fingerprint density at radius 1 is 1.20 bits per heavy atom. The number of hydrogen-bond donors (Lipinski definition) is 1.